The van der Waals surface area contributed by atoms with Gasteiger partial charge in [-0.15, -0.1) is 0 Å². The number of rotatable bonds is 12. The van der Waals surface area contributed by atoms with Crippen LogP contribution in [0.5, 0.6) is 0 Å². The molecule has 0 amide bonds. The Hall–Kier alpha value is -0.160. The van der Waals surface area contributed by atoms with E-state index < -0.39 is 6.10 Å². The second-order valence-electron chi connectivity index (χ2n) is 4.55. The van der Waals surface area contributed by atoms with E-state index in [0.29, 0.717) is 19.8 Å². The molecule has 0 spiro atoms. The van der Waals surface area contributed by atoms with Crippen LogP contribution < -0.4 is 5.32 Å². The number of aliphatic hydroxyl groups excluding tert-OH is 1. The average molecular weight is 247 g/mol. The van der Waals surface area contributed by atoms with Crippen molar-refractivity contribution >= 4 is 0 Å². The van der Waals surface area contributed by atoms with Crippen molar-refractivity contribution in [2.45, 2.75) is 51.7 Å². The molecule has 0 bridgehead atoms. The average Bonchev–Trinajstić information content (AvgIpc) is 2.31. The van der Waals surface area contributed by atoms with Crippen LogP contribution in [0.1, 0.15) is 39.5 Å². The van der Waals surface area contributed by atoms with E-state index in [-0.39, 0.29) is 6.04 Å². The highest BCUT2D eigenvalue weighted by atomic mass is 16.5. The first-order chi connectivity index (χ1) is 8.20. The van der Waals surface area contributed by atoms with E-state index in [1.165, 1.54) is 19.3 Å². The molecule has 0 aliphatic heterocycles. The molecule has 2 N–H and O–H groups in total. The van der Waals surface area contributed by atoms with Crippen molar-refractivity contribution < 1.29 is 14.6 Å². The van der Waals surface area contributed by atoms with Gasteiger partial charge in [-0.2, -0.15) is 0 Å². The van der Waals surface area contributed by atoms with Gasteiger partial charge in [-0.3, -0.25) is 0 Å². The molecule has 0 aromatic rings. The molecule has 4 nitrogen and oxygen atoms in total. The second-order valence-corrected chi connectivity index (χ2v) is 4.55. The highest BCUT2D eigenvalue weighted by Crippen LogP contribution is 1.99. The van der Waals surface area contributed by atoms with Crippen LogP contribution in [0.25, 0.3) is 0 Å². The summed E-state index contributed by atoms with van der Waals surface area (Å²) in [6, 6.07) is 0.263. The molecule has 0 saturated heterocycles. The first-order valence-electron chi connectivity index (χ1n) is 6.68. The lowest BCUT2D eigenvalue weighted by Gasteiger charge is -2.16. The van der Waals surface area contributed by atoms with Crippen molar-refractivity contribution in [1.82, 2.24) is 5.32 Å². The van der Waals surface area contributed by atoms with Gasteiger partial charge in [0.15, 0.2) is 0 Å². The summed E-state index contributed by atoms with van der Waals surface area (Å²) in [7, 11) is 1.67. The Morgan fingerprint density at radius 3 is 2.59 bits per heavy atom. The predicted molar refractivity (Wildman–Crippen MR) is 70.3 cm³/mol. The van der Waals surface area contributed by atoms with Gasteiger partial charge < -0.3 is 19.9 Å². The van der Waals surface area contributed by atoms with E-state index in [2.05, 4.69) is 12.2 Å². The first-order valence-corrected chi connectivity index (χ1v) is 6.68. The summed E-state index contributed by atoms with van der Waals surface area (Å²) in [5, 5.41) is 12.8. The third-order valence-corrected chi connectivity index (χ3v) is 2.57. The van der Waals surface area contributed by atoms with Gasteiger partial charge in [0.25, 0.3) is 0 Å². The van der Waals surface area contributed by atoms with Crippen LogP contribution in [0.3, 0.4) is 0 Å². The quantitative estimate of drug-likeness (QED) is 0.514. The van der Waals surface area contributed by atoms with E-state index in [1.807, 2.05) is 6.92 Å². The monoisotopic (exact) mass is 247 g/mol. The fraction of sp³-hybridized carbons (Fsp3) is 1.00. The van der Waals surface area contributed by atoms with Crippen molar-refractivity contribution in [2.75, 3.05) is 33.5 Å². The number of methoxy groups -OCH3 is 1. The lowest BCUT2D eigenvalue weighted by molar-refractivity contribution is 0.0327. The summed E-state index contributed by atoms with van der Waals surface area (Å²) in [6.45, 7) is 6.60. The van der Waals surface area contributed by atoms with Crippen LogP contribution in [0.15, 0.2) is 0 Å². The maximum absolute atomic E-state index is 9.64. The van der Waals surface area contributed by atoms with Crippen LogP contribution in [0.2, 0.25) is 0 Å². The molecule has 0 aliphatic rings. The molecular weight excluding hydrogens is 218 g/mol. The normalized spacial score (nSPS) is 14.8. The van der Waals surface area contributed by atoms with Crippen LogP contribution in [-0.2, 0) is 9.47 Å². The number of hydrogen-bond donors (Lipinski definition) is 2. The zero-order chi connectivity index (χ0) is 12.9. The molecule has 17 heavy (non-hydrogen) atoms. The Morgan fingerprint density at radius 1 is 1.18 bits per heavy atom. The summed E-state index contributed by atoms with van der Waals surface area (Å²) in [5.74, 6) is 0. The zero-order valence-electron chi connectivity index (χ0n) is 11.6. The van der Waals surface area contributed by atoms with Gasteiger partial charge >= 0.3 is 0 Å². The summed E-state index contributed by atoms with van der Waals surface area (Å²) in [6.07, 6.45) is 4.39. The molecule has 0 fully saturated rings. The third kappa shape index (κ3) is 12.1. The van der Waals surface area contributed by atoms with Gasteiger partial charge in [0.05, 0.1) is 19.3 Å². The number of hydrogen-bond acceptors (Lipinski definition) is 4. The molecule has 2 unspecified atom stereocenters. The van der Waals surface area contributed by atoms with E-state index in [0.717, 1.165) is 13.0 Å². The number of unbranched alkanes of at least 4 members (excludes halogenated alkanes) is 3. The van der Waals surface area contributed by atoms with Crippen LogP contribution in [-0.4, -0.2) is 50.7 Å². The Labute approximate surface area is 106 Å². The van der Waals surface area contributed by atoms with Gasteiger partial charge in [-0.1, -0.05) is 26.2 Å². The lowest BCUT2D eigenvalue weighted by Crippen LogP contribution is -2.38. The van der Waals surface area contributed by atoms with Crippen molar-refractivity contribution in [3.8, 4) is 0 Å². The SMILES string of the molecule is CCCCCCOCC(O)CNC(C)COC. The Morgan fingerprint density at radius 2 is 1.94 bits per heavy atom. The van der Waals surface area contributed by atoms with Crippen LogP contribution in [0.4, 0.5) is 0 Å². The molecule has 104 valence electrons. The molecule has 0 saturated carbocycles. The van der Waals surface area contributed by atoms with E-state index in [1.54, 1.807) is 7.11 Å². The molecule has 4 heteroatoms. The second kappa shape index (κ2) is 12.3. The minimum atomic E-state index is -0.430. The van der Waals surface area contributed by atoms with E-state index in [9.17, 15) is 5.11 Å². The molecule has 0 heterocycles. The van der Waals surface area contributed by atoms with E-state index >= 15 is 0 Å². The van der Waals surface area contributed by atoms with Crippen molar-refractivity contribution in [3.05, 3.63) is 0 Å². The van der Waals surface area contributed by atoms with Crippen molar-refractivity contribution in [2.24, 2.45) is 0 Å². The minimum absolute atomic E-state index is 0.263. The van der Waals surface area contributed by atoms with E-state index in [4.69, 9.17) is 9.47 Å². The summed E-state index contributed by atoms with van der Waals surface area (Å²) in [4.78, 5) is 0. The Kier molecular flexibility index (Phi) is 12.2. The van der Waals surface area contributed by atoms with Crippen LogP contribution >= 0.6 is 0 Å². The van der Waals surface area contributed by atoms with Crippen LogP contribution in [0, 0.1) is 0 Å². The molecule has 0 aliphatic carbocycles. The maximum atomic E-state index is 9.64. The highest BCUT2D eigenvalue weighted by Gasteiger charge is 2.06. The molecule has 0 rings (SSSR count). The fourth-order valence-corrected chi connectivity index (χ4v) is 1.56. The predicted octanol–water partition coefficient (Wildman–Crippen LogP) is 1.57. The van der Waals surface area contributed by atoms with Crippen molar-refractivity contribution in [3.63, 3.8) is 0 Å². The first kappa shape index (κ1) is 16.8. The Balaban J connectivity index is 3.25. The van der Waals surface area contributed by atoms with Gasteiger partial charge in [-0.05, 0) is 13.3 Å². The summed E-state index contributed by atoms with van der Waals surface area (Å²) >= 11 is 0. The standard InChI is InChI=1S/C13H29NO3/c1-4-5-6-7-8-17-11-13(15)9-14-12(2)10-16-3/h12-15H,4-11H2,1-3H3. The molecule has 0 aromatic carbocycles. The van der Waals surface area contributed by atoms with Gasteiger partial charge in [0.1, 0.15) is 0 Å². The largest absolute Gasteiger partial charge is 0.389 e. The molecule has 0 radical (unpaired) electrons. The minimum Gasteiger partial charge on any atom is -0.389 e. The number of ether oxygens (including phenoxy) is 2. The van der Waals surface area contributed by atoms with Crippen molar-refractivity contribution in [1.29, 1.82) is 0 Å². The molecular formula is C13H29NO3. The lowest BCUT2D eigenvalue weighted by atomic mass is 10.2. The molecule has 2 atom stereocenters. The fourth-order valence-electron chi connectivity index (χ4n) is 1.56. The highest BCUT2D eigenvalue weighted by molar-refractivity contribution is 4.64. The summed E-state index contributed by atoms with van der Waals surface area (Å²) in [5.41, 5.74) is 0. The smallest absolute Gasteiger partial charge is 0.0897 e. The zero-order valence-corrected chi connectivity index (χ0v) is 11.6. The Bertz CT molecular complexity index is 156. The number of aliphatic hydroxyl groups is 1. The molecule has 0 aromatic heterocycles. The van der Waals surface area contributed by atoms with Gasteiger partial charge in [-0.25, -0.2) is 0 Å². The summed E-state index contributed by atoms with van der Waals surface area (Å²) < 4.78 is 10.4. The third-order valence-electron chi connectivity index (χ3n) is 2.57. The number of nitrogens with one attached hydrogen (secondary N) is 1. The topological polar surface area (TPSA) is 50.7 Å². The van der Waals surface area contributed by atoms with Gasteiger partial charge in [0.2, 0.25) is 0 Å². The van der Waals surface area contributed by atoms with Gasteiger partial charge in [0, 0.05) is 26.3 Å². The maximum Gasteiger partial charge on any atom is 0.0897 e.